The van der Waals surface area contributed by atoms with Crippen LogP contribution in [0.2, 0.25) is 0 Å². The second-order valence-corrected chi connectivity index (χ2v) is 11.7. The Kier molecular flexibility index (Phi) is 8.38. The first-order chi connectivity index (χ1) is 15.9. The number of thiazole rings is 1. The molecular weight excluding hydrogens is 454 g/mol. The molecule has 7 atom stereocenters. The van der Waals surface area contributed by atoms with Crippen molar-refractivity contribution in [1.82, 2.24) is 4.98 Å². The van der Waals surface area contributed by atoms with Crippen molar-refractivity contribution in [3.05, 3.63) is 28.2 Å². The number of aromatic nitrogens is 1. The summed E-state index contributed by atoms with van der Waals surface area (Å²) in [7, 11) is 0. The Balaban J connectivity index is 1.81. The highest BCUT2D eigenvalue weighted by Crippen LogP contribution is 2.53. The van der Waals surface area contributed by atoms with Crippen LogP contribution in [0.5, 0.6) is 0 Å². The quantitative estimate of drug-likeness (QED) is 0.359. The summed E-state index contributed by atoms with van der Waals surface area (Å²) in [4.78, 5) is 30.6. The zero-order valence-corrected chi connectivity index (χ0v) is 21.9. The van der Waals surface area contributed by atoms with Crippen molar-refractivity contribution in [2.75, 3.05) is 0 Å². The number of cyclic esters (lactones) is 1. The molecule has 190 valence electrons. The molecule has 1 aromatic rings. The van der Waals surface area contributed by atoms with Gasteiger partial charge in [0, 0.05) is 17.7 Å². The maximum atomic E-state index is 13.2. The van der Waals surface area contributed by atoms with Crippen LogP contribution in [0.4, 0.5) is 0 Å². The zero-order chi connectivity index (χ0) is 25.3. The number of aryl methyl sites for hydroxylation is 1. The highest BCUT2D eigenvalue weighted by Gasteiger charge is 2.61. The van der Waals surface area contributed by atoms with Crippen LogP contribution in [0.1, 0.15) is 83.5 Å². The highest BCUT2D eigenvalue weighted by atomic mass is 32.1. The number of nitrogens with zero attached hydrogens (tertiary/aromatic N) is 1. The second-order valence-electron chi connectivity index (χ2n) is 10.7. The number of esters is 1. The first kappa shape index (κ1) is 27.0. The fraction of sp³-hybridized carbons (Fsp3) is 0.731. The number of epoxide rings is 1. The Morgan fingerprint density at radius 1 is 1.15 bits per heavy atom. The van der Waals surface area contributed by atoms with Crippen molar-refractivity contribution in [2.24, 2.45) is 17.3 Å². The van der Waals surface area contributed by atoms with Crippen LogP contribution < -0.4 is 0 Å². The van der Waals surface area contributed by atoms with Gasteiger partial charge < -0.3 is 19.7 Å². The van der Waals surface area contributed by atoms with Gasteiger partial charge in [-0.2, -0.15) is 0 Å². The summed E-state index contributed by atoms with van der Waals surface area (Å²) < 4.78 is 11.9. The number of carbonyl (C=O) groups is 2. The molecule has 0 spiro atoms. The summed E-state index contributed by atoms with van der Waals surface area (Å²) in [5.74, 6) is -1.53. The van der Waals surface area contributed by atoms with E-state index in [0.29, 0.717) is 6.42 Å². The molecule has 0 aliphatic carbocycles. The Hall–Kier alpha value is -1.61. The van der Waals surface area contributed by atoms with E-state index in [9.17, 15) is 19.8 Å². The summed E-state index contributed by atoms with van der Waals surface area (Å²) in [5, 5.41) is 24.5. The molecule has 1 saturated heterocycles. The van der Waals surface area contributed by atoms with Crippen molar-refractivity contribution < 1.29 is 29.3 Å². The van der Waals surface area contributed by atoms with Gasteiger partial charge in [-0.1, -0.05) is 39.8 Å². The number of allylic oxidation sites excluding steroid dienone is 1. The number of hydrogen-bond acceptors (Lipinski definition) is 8. The van der Waals surface area contributed by atoms with Crippen molar-refractivity contribution in [3.63, 3.8) is 0 Å². The number of rotatable bonds is 2. The molecule has 7 nitrogen and oxygen atoms in total. The first-order valence-electron chi connectivity index (χ1n) is 12.2. The summed E-state index contributed by atoms with van der Waals surface area (Å²) in [6, 6.07) is 0. The molecular formula is C26H39NO6S. The van der Waals surface area contributed by atoms with E-state index in [1.165, 1.54) is 0 Å². The fourth-order valence-electron chi connectivity index (χ4n) is 4.80. The van der Waals surface area contributed by atoms with Crippen LogP contribution in [0.25, 0.3) is 0 Å². The van der Waals surface area contributed by atoms with Crippen molar-refractivity contribution in [3.8, 4) is 0 Å². The lowest BCUT2D eigenvalue weighted by Crippen LogP contribution is -2.46. The predicted molar refractivity (Wildman–Crippen MR) is 130 cm³/mol. The minimum atomic E-state index is -1.23. The van der Waals surface area contributed by atoms with Crippen molar-refractivity contribution in [1.29, 1.82) is 0 Å². The topological polar surface area (TPSA) is 109 Å². The average Bonchev–Trinajstić information content (AvgIpc) is 3.29. The SMILES string of the molecule is Cc1nc([C@H]2O[C@]2(C)[C@@H]2C/C=C\CCC[C@H](C)C(O)[C@@H](C)C(=O)C(C)(C)[C@@H](O)CC(=O)O2)cs1. The van der Waals surface area contributed by atoms with Gasteiger partial charge in [-0.15, -0.1) is 11.3 Å². The largest absolute Gasteiger partial charge is 0.459 e. The molecule has 1 unspecified atom stereocenters. The number of Topliss-reactive ketones (excluding diaryl/α,β-unsaturated/α-hetero) is 1. The zero-order valence-electron chi connectivity index (χ0n) is 21.1. The van der Waals surface area contributed by atoms with Gasteiger partial charge in [-0.3, -0.25) is 9.59 Å². The van der Waals surface area contributed by atoms with Gasteiger partial charge >= 0.3 is 5.97 Å². The van der Waals surface area contributed by atoms with Crippen LogP contribution in [0, 0.1) is 24.2 Å². The van der Waals surface area contributed by atoms with E-state index in [0.717, 1.165) is 30.0 Å². The smallest absolute Gasteiger partial charge is 0.308 e. The van der Waals surface area contributed by atoms with Crippen molar-refractivity contribution in [2.45, 2.75) is 104 Å². The molecule has 0 amide bonds. The van der Waals surface area contributed by atoms with E-state index in [1.54, 1.807) is 32.1 Å². The Morgan fingerprint density at radius 2 is 1.85 bits per heavy atom. The van der Waals surface area contributed by atoms with Crippen LogP contribution >= 0.6 is 11.3 Å². The summed E-state index contributed by atoms with van der Waals surface area (Å²) in [6.07, 6.45) is 3.91. The third kappa shape index (κ3) is 5.78. The lowest BCUT2D eigenvalue weighted by Gasteiger charge is -2.34. The van der Waals surface area contributed by atoms with Gasteiger partial charge in [-0.25, -0.2) is 4.98 Å². The van der Waals surface area contributed by atoms with Crippen LogP contribution in [-0.4, -0.2) is 50.9 Å². The number of carbonyl (C=O) groups excluding carboxylic acids is 2. The van der Waals surface area contributed by atoms with E-state index in [-0.39, 0.29) is 24.2 Å². The molecule has 2 aliphatic heterocycles. The first-order valence-corrected chi connectivity index (χ1v) is 13.1. The van der Waals surface area contributed by atoms with E-state index >= 15 is 0 Å². The molecule has 8 heteroatoms. The van der Waals surface area contributed by atoms with Gasteiger partial charge in [0.15, 0.2) is 0 Å². The molecule has 0 aromatic carbocycles. The molecule has 0 saturated carbocycles. The van der Waals surface area contributed by atoms with Gasteiger partial charge in [-0.05, 0) is 39.0 Å². The Bertz CT molecular complexity index is 911. The number of hydrogen-bond donors (Lipinski definition) is 2. The van der Waals surface area contributed by atoms with E-state index in [2.05, 4.69) is 11.1 Å². The molecule has 1 fully saturated rings. The number of ketones is 1. The van der Waals surface area contributed by atoms with Gasteiger partial charge in [0.1, 0.15) is 23.6 Å². The van der Waals surface area contributed by atoms with E-state index in [4.69, 9.17) is 9.47 Å². The number of aliphatic hydroxyl groups excluding tert-OH is 2. The lowest BCUT2D eigenvalue weighted by molar-refractivity contribution is -0.158. The maximum Gasteiger partial charge on any atom is 0.308 e. The molecule has 0 radical (unpaired) electrons. The minimum absolute atomic E-state index is 0.0491. The van der Waals surface area contributed by atoms with Crippen molar-refractivity contribution >= 4 is 23.1 Å². The Labute approximate surface area is 206 Å². The van der Waals surface area contributed by atoms with Gasteiger partial charge in [0.05, 0.1) is 34.7 Å². The molecule has 2 N–H and O–H groups in total. The summed E-state index contributed by atoms with van der Waals surface area (Å²) in [5.41, 5.74) is -1.06. The van der Waals surface area contributed by atoms with E-state index < -0.39 is 41.2 Å². The van der Waals surface area contributed by atoms with Crippen LogP contribution in [0.3, 0.4) is 0 Å². The van der Waals surface area contributed by atoms with Crippen LogP contribution in [0.15, 0.2) is 17.5 Å². The van der Waals surface area contributed by atoms with Gasteiger partial charge in [0.2, 0.25) is 0 Å². The second kappa shape index (κ2) is 10.6. The molecule has 1 aromatic heterocycles. The fourth-order valence-corrected chi connectivity index (χ4v) is 5.43. The number of ether oxygens (including phenoxy) is 2. The number of aliphatic hydroxyl groups is 2. The predicted octanol–water partition coefficient (Wildman–Crippen LogP) is 4.30. The standard InChI is InChI=1S/C26H39NO6S/c1-15-11-9-7-8-10-12-20(26(6)24(33-26)18-14-34-17(3)27-18)32-21(29)13-19(28)25(4,5)23(31)16(2)22(15)30/h8,10,14-16,19-20,22,24,28,30H,7,9,11-13H2,1-6H3/b10-8-/t15-,16+,19-,20-,22?,24+,26+/m0/s1. The van der Waals surface area contributed by atoms with Crippen LogP contribution in [-0.2, 0) is 19.1 Å². The lowest BCUT2D eigenvalue weighted by atomic mass is 9.73. The molecule has 2 aliphatic rings. The minimum Gasteiger partial charge on any atom is -0.459 e. The normalized spacial score (nSPS) is 38.8. The van der Waals surface area contributed by atoms with Gasteiger partial charge in [0.25, 0.3) is 0 Å². The highest BCUT2D eigenvalue weighted by molar-refractivity contribution is 7.09. The molecule has 34 heavy (non-hydrogen) atoms. The third-order valence-electron chi connectivity index (χ3n) is 7.54. The molecule has 0 bridgehead atoms. The monoisotopic (exact) mass is 493 g/mol. The Morgan fingerprint density at radius 3 is 2.50 bits per heavy atom. The third-order valence-corrected chi connectivity index (χ3v) is 8.33. The molecule has 3 heterocycles. The van der Waals surface area contributed by atoms with E-state index in [1.807, 2.05) is 32.2 Å². The average molecular weight is 494 g/mol. The molecule has 3 rings (SSSR count). The summed E-state index contributed by atoms with van der Waals surface area (Å²) >= 11 is 1.55. The summed E-state index contributed by atoms with van der Waals surface area (Å²) in [6.45, 7) is 10.7. The maximum absolute atomic E-state index is 13.2.